The van der Waals surface area contributed by atoms with Gasteiger partial charge in [0, 0.05) is 36.7 Å². The number of aromatic nitrogens is 1. The normalized spacial score (nSPS) is 13.0. The molecule has 2 aromatic heterocycles. The van der Waals surface area contributed by atoms with E-state index in [-0.39, 0.29) is 12.1 Å². The number of hydrogen-bond acceptors (Lipinski definition) is 1. The van der Waals surface area contributed by atoms with E-state index in [2.05, 4.69) is 4.85 Å². The van der Waals surface area contributed by atoms with Crippen molar-refractivity contribution >= 4 is 27.6 Å². The molecule has 2 heterocycles. The first-order chi connectivity index (χ1) is 17.1. The maximum atomic E-state index is 9.12. The van der Waals surface area contributed by atoms with Crippen LogP contribution in [0.25, 0.3) is 49.2 Å². The summed E-state index contributed by atoms with van der Waals surface area (Å²) in [7, 11) is 1.86. The van der Waals surface area contributed by atoms with E-state index in [0.29, 0.717) is 33.8 Å². The fraction of sp³-hybridized carbons (Fsp3) is 0.200. The van der Waals surface area contributed by atoms with E-state index in [0.717, 1.165) is 33.0 Å². The van der Waals surface area contributed by atoms with E-state index in [9.17, 15) is 0 Å². The third kappa shape index (κ3) is 3.31. The van der Waals surface area contributed by atoms with Crippen molar-refractivity contribution in [3.63, 3.8) is 0 Å². The molecule has 0 saturated heterocycles. The van der Waals surface area contributed by atoms with Crippen molar-refractivity contribution in [3.8, 4) is 22.4 Å². The summed E-state index contributed by atoms with van der Waals surface area (Å²) in [4.78, 5) is 3.77. The summed E-state index contributed by atoms with van der Waals surface area (Å²) in [5.41, 5.74) is 6.86. The highest BCUT2D eigenvalue weighted by Gasteiger charge is 2.24. The van der Waals surface area contributed by atoms with Crippen LogP contribution in [0.3, 0.4) is 0 Å². The minimum Gasteiger partial charge on any atom is -0.456 e. The molecule has 0 aliphatic carbocycles. The van der Waals surface area contributed by atoms with Gasteiger partial charge >= 0.3 is 0 Å². The Kier molecular flexibility index (Phi) is 4.22. The number of nitrogens with zero attached hydrogens (tertiary/aromatic N) is 2. The van der Waals surface area contributed by atoms with Crippen LogP contribution >= 0.6 is 0 Å². The number of furan rings is 1. The highest BCUT2D eigenvalue weighted by Crippen LogP contribution is 2.44. The van der Waals surface area contributed by atoms with Crippen LogP contribution in [0.1, 0.15) is 40.7 Å². The molecule has 0 N–H and O–H groups in total. The Morgan fingerprint density at radius 3 is 2.27 bits per heavy atom. The molecule has 0 bridgehead atoms. The monoisotopic (exact) mass is 434 g/mol. The summed E-state index contributed by atoms with van der Waals surface area (Å²) < 4.78 is 34.9. The van der Waals surface area contributed by atoms with Crippen molar-refractivity contribution in [2.45, 2.75) is 33.6 Å². The van der Waals surface area contributed by atoms with Gasteiger partial charge in [0.1, 0.15) is 18.2 Å². The van der Waals surface area contributed by atoms with Gasteiger partial charge in [-0.25, -0.2) is 4.85 Å². The first-order valence-electron chi connectivity index (χ1n) is 12.5. The molecule has 0 radical (unpaired) electrons. The summed E-state index contributed by atoms with van der Waals surface area (Å²) in [5, 5.41) is 1.81. The zero-order valence-electron chi connectivity index (χ0n) is 22.5. The van der Waals surface area contributed by atoms with Gasteiger partial charge in [-0.2, -0.15) is 4.57 Å². The van der Waals surface area contributed by atoms with E-state index < -0.39 is 5.89 Å². The number of benzene rings is 3. The van der Waals surface area contributed by atoms with Crippen molar-refractivity contribution in [3.05, 3.63) is 94.9 Å². The summed E-state index contributed by atoms with van der Waals surface area (Å²) in [6.45, 7) is 15.0. The van der Waals surface area contributed by atoms with Crippen LogP contribution in [0.15, 0.2) is 71.1 Å². The molecule has 162 valence electrons. The molecular weight excluding hydrogens is 404 g/mol. The Morgan fingerprint density at radius 1 is 0.939 bits per heavy atom. The molecule has 0 aliphatic rings. The number of pyridine rings is 1. The van der Waals surface area contributed by atoms with E-state index >= 15 is 0 Å². The minimum absolute atomic E-state index is 0.161. The Morgan fingerprint density at radius 2 is 1.61 bits per heavy atom. The zero-order chi connectivity index (χ0) is 25.9. The lowest BCUT2D eigenvalue weighted by atomic mass is 9.95. The second-order valence-corrected chi connectivity index (χ2v) is 8.67. The molecule has 5 aromatic rings. The fourth-order valence-electron chi connectivity index (χ4n) is 4.41. The van der Waals surface area contributed by atoms with Crippen LogP contribution in [0.5, 0.6) is 0 Å². The lowest BCUT2D eigenvalue weighted by Crippen LogP contribution is -2.35. The molecule has 5 rings (SSSR count). The number of aryl methyl sites for hydroxylation is 1. The fourth-order valence-corrected chi connectivity index (χ4v) is 4.41. The molecule has 0 unspecified atom stereocenters. The van der Waals surface area contributed by atoms with Crippen LogP contribution < -0.4 is 4.57 Å². The molecule has 0 amide bonds. The van der Waals surface area contributed by atoms with Gasteiger partial charge in [-0.3, -0.25) is 0 Å². The van der Waals surface area contributed by atoms with Gasteiger partial charge in [0.15, 0.2) is 11.4 Å². The van der Waals surface area contributed by atoms with Crippen LogP contribution in [-0.2, 0) is 7.05 Å². The largest absolute Gasteiger partial charge is 0.456 e. The minimum atomic E-state index is -1.11. The van der Waals surface area contributed by atoms with Crippen molar-refractivity contribution < 1.29 is 13.1 Å². The molecule has 0 aliphatic heterocycles. The number of fused-ring (bicyclic) bond motifs is 3. The summed E-state index contributed by atoms with van der Waals surface area (Å²) in [5.74, 6) is -1.11. The van der Waals surface area contributed by atoms with Crippen molar-refractivity contribution in [1.29, 1.82) is 0 Å². The second kappa shape index (κ2) is 7.90. The summed E-state index contributed by atoms with van der Waals surface area (Å²) >= 11 is 0. The smallest absolute Gasteiger partial charge is 0.216 e. The molecule has 0 saturated carbocycles. The lowest BCUT2D eigenvalue weighted by molar-refractivity contribution is -0.666. The average Bonchev–Trinajstić information content (AvgIpc) is 3.21. The van der Waals surface area contributed by atoms with Gasteiger partial charge in [0.05, 0.1) is 14.9 Å². The zero-order valence-corrected chi connectivity index (χ0v) is 19.5. The van der Waals surface area contributed by atoms with Gasteiger partial charge in [0.2, 0.25) is 5.69 Å². The predicted octanol–water partition coefficient (Wildman–Crippen LogP) is 8.04. The topological polar surface area (TPSA) is 21.4 Å². The van der Waals surface area contributed by atoms with Gasteiger partial charge < -0.3 is 4.42 Å². The van der Waals surface area contributed by atoms with Crippen LogP contribution in [0.2, 0.25) is 0 Å². The molecule has 0 atom stereocenters. The first-order valence-corrected chi connectivity index (χ1v) is 11.0. The number of rotatable bonds is 3. The van der Waals surface area contributed by atoms with E-state index in [4.69, 9.17) is 15.1 Å². The maximum absolute atomic E-state index is 9.12. The van der Waals surface area contributed by atoms with Crippen LogP contribution in [-0.4, -0.2) is 0 Å². The van der Waals surface area contributed by atoms with Crippen molar-refractivity contribution in [1.82, 2.24) is 0 Å². The molecule has 33 heavy (non-hydrogen) atoms. The second-order valence-electron chi connectivity index (χ2n) is 8.67. The Bertz CT molecular complexity index is 1720. The molecule has 0 fully saturated rings. The summed E-state index contributed by atoms with van der Waals surface area (Å²) in [6, 6.07) is 18.0. The SMILES string of the molecule is [2H]c1c(C([2H])(C)C)c([2H])c(-c2c(C)ccc3c2oc2c(-c4ccccc4)c([N+]#[C-])ccc23)[n+](C)c1C. The van der Waals surface area contributed by atoms with E-state index in [1.807, 2.05) is 80.1 Å². The first kappa shape index (κ1) is 17.6. The van der Waals surface area contributed by atoms with Gasteiger partial charge in [-0.1, -0.05) is 68.4 Å². The Labute approximate surface area is 199 Å². The third-order valence-electron chi connectivity index (χ3n) is 6.30. The highest BCUT2D eigenvalue weighted by molar-refractivity contribution is 6.15. The highest BCUT2D eigenvalue weighted by atomic mass is 16.3. The third-order valence-corrected chi connectivity index (χ3v) is 6.30. The van der Waals surface area contributed by atoms with Crippen molar-refractivity contribution in [2.24, 2.45) is 7.05 Å². The van der Waals surface area contributed by atoms with E-state index in [1.165, 1.54) is 0 Å². The summed E-state index contributed by atoms with van der Waals surface area (Å²) in [6.07, 6.45) is 0. The Hall–Kier alpha value is -3.90. The predicted molar refractivity (Wildman–Crippen MR) is 136 cm³/mol. The van der Waals surface area contributed by atoms with Gasteiger partial charge in [-0.05, 0) is 29.5 Å². The van der Waals surface area contributed by atoms with E-state index in [1.54, 1.807) is 13.8 Å². The molecule has 3 aromatic carbocycles. The molecular formula is C30H27N2O+. The van der Waals surface area contributed by atoms with Gasteiger partial charge in [0.25, 0.3) is 0 Å². The van der Waals surface area contributed by atoms with Crippen molar-refractivity contribution in [2.75, 3.05) is 0 Å². The average molecular weight is 435 g/mol. The standard InChI is InChI=1S/C30H27N2O/c1-18(2)22-16-20(4)32(6)26(17-22)27-19(3)12-13-23-24-14-15-25(31-5)28(30(24)33-29(23)27)21-10-8-7-9-11-21/h7-18H,1-4,6H3/q+1/i16D,17D,18D. The quantitative estimate of drug-likeness (QED) is 0.208. The molecule has 3 nitrogen and oxygen atoms in total. The number of hydrogen-bond donors (Lipinski definition) is 0. The van der Waals surface area contributed by atoms with Crippen LogP contribution in [0, 0.1) is 20.4 Å². The molecule has 3 heteroatoms. The lowest BCUT2D eigenvalue weighted by Gasteiger charge is -2.11. The Balaban J connectivity index is 1.96. The maximum Gasteiger partial charge on any atom is 0.216 e. The molecule has 0 spiro atoms. The van der Waals surface area contributed by atoms with Gasteiger partial charge in [-0.15, -0.1) is 0 Å². The van der Waals surface area contributed by atoms with Crippen LogP contribution in [0.4, 0.5) is 5.69 Å².